The molecule has 0 spiro atoms. The highest BCUT2D eigenvalue weighted by molar-refractivity contribution is 5.84. The minimum Gasteiger partial charge on any atom is -0.487 e. The van der Waals surface area contributed by atoms with E-state index in [0.717, 1.165) is 35.2 Å². The number of fused-ring (bicyclic) bond motifs is 1. The van der Waals surface area contributed by atoms with Gasteiger partial charge in [-0.2, -0.15) is 0 Å². The molecular weight excluding hydrogens is 248 g/mol. The molecule has 1 fully saturated rings. The van der Waals surface area contributed by atoms with Gasteiger partial charge in [0, 0.05) is 17.1 Å². The summed E-state index contributed by atoms with van der Waals surface area (Å²) in [4.78, 5) is 4.61. The Bertz CT molecular complexity index is 636. The molecule has 1 heterocycles. The first-order valence-electron chi connectivity index (χ1n) is 7.26. The standard InChI is InChI=1S/C17H22N2O/c1-11-7-8-12-5-4-6-13(15(12)19-11)20-14-9-10-17(2,3)16(14)18/h4-8,14,16H,9-10,18H2,1-3H3. The highest BCUT2D eigenvalue weighted by atomic mass is 16.5. The molecule has 2 aromatic rings. The zero-order chi connectivity index (χ0) is 14.3. The number of nitrogens with zero attached hydrogens (tertiary/aromatic N) is 1. The molecule has 0 aliphatic heterocycles. The van der Waals surface area contributed by atoms with E-state index < -0.39 is 0 Å². The van der Waals surface area contributed by atoms with Crippen molar-refractivity contribution >= 4 is 10.9 Å². The van der Waals surface area contributed by atoms with Crippen molar-refractivity contribution in [2.75, 3.05) is 0 Å². The first-order valence-corrected chi connectivity index (χ1v) is 7.26. The normalized spacial score (nSPS) is 25.0. The van der Waals surface area contributed by atoms with Crippen LogP contribution in [0.3, 0.4) is 0 Å². The van der Waals surface area contributed by atoms with Crippen LogP contribution in [0.5, 0.6) is 5.75 Å². The molecule has 1 saturated carbocycles. The van der Waals surface area contributed by atoms with Crippen LogP contribution in [0, 0.1) is 12.3 Å². The monoisotopic (exact) mass is 270 g/mol. The maximum Gasteiger partial charge on any atom is 0.146 e. The lowest BCUT2D eigenvalue weighted by Crippen LogP contribution is -2.42. The predicted octanol–water partition coefficient (Wildman–Crippen LogP) is 3.44. The Kier molecular flexibility index (Phi) is 3.17. The lowest BCUT2D eigenvalue weighted by Gasteiger charge is -2.27. The molecule has 2 N–H and O–H groups in total. The number of aryl methyl sites for hydroxylation is 1. The Morgan fingerprint density at radius 3 is 2.75 bits per heavy atom. The molecule has 0 bridgehead atoms. The van der Waals surface area contributed by atoms with Crippen LogP contribution in [0.2, 0.25) is 0 Å². The second kappa shape index (κ2) is 4.74. The largest absolute Gasteiger partial charge is 0.487 e. The molecule has 3 rings (SSSR count). The molecule has 1 aliphatic carbocycles. The number of ether oxygens (including phenoxy) is 1. The molecule has 0 amide bonds. The van der Waals surface area contributed by atoms with E-state index in [2.05, 4.69) is 31.0 Å². The van der Waals surface area contributed by atoms with Gasteiger partial charge in [0.1, 0.15) is 17.4 Å². The summed E-state index contributed by atoms with van der Waals surface area (Å²) in [6, 6.07) is 10.3. The van der Waals surface area contributed by atoms with Crippen LogP contribution in [-0.4, -0.2) is 17.1 Å². The van der Waals surface area contributed by atoms with Gasteiger partial charge in [-0.1, -0.05) is 32.0 Å². The fourth-order valence-corrected chi connectivity index (χ4v) is 2.97. The maximum atomic E-state index is 6.33. The minimum absolute atomic E-state index is 0.0718. The number of rotatable bonds is 2. The van der Waals surface area contributed by atoms with Crippen LogP contribution in [0.1, 0.15) is 32.4 Å². The molecule has 106 valence electrons. The van der Waals surface area contributed by atoms with Crippen LogP contribution in [0.15, 0.2) is 30.3 Å². The number of hydrogen-bond donors (Lipinski definition) is 1. The molecule has 20 heavy (non-hydrogen) atoms. The maximum absolute atomic E-state index is 6.33. The summed E-state index contributed by atoms with van der Waals surface area (Å²) >= 11 is 0. The molecule has 1 aromatic carbocycles. The van der Waals surface area contributed by atoms with E-state index in [-0.39, 0.29) is 17.6 Å². The fourth-order valence-electron chi connectivity index (χ4n) is 2.97. The van der Waals surface area contributed by atoms with Crippen molar-refractivity contribution in [2.24, 2.45) is 11.1 Å². The molecule has 1 aromatic heterocycles. The number of aromatic nitrogens is 1. The Morgan fingerprint density at radius 2 is 2.05 bits per heavy atom. The van der Waals surface area contributed by atoms with Gasteiger partial charge in [0.2, 0.25) is 0 Å². The van der Waals surface area contributed by atoms with Crippen molar-refractivity contribution in [1.82, 2.24) is 4.98 Å². The molecule has 2 unspecified atom stereocenters. The first kappa shape index (κ1) is 13.4. The minimum atomic E-state index is 0.0718. The third-order valence-corrected chi connectivity index (χ3v) is 4.48. The van der Waals surface area contributed by atoms with Gasteiger partial charge in [0.25, 0.3) is 0 Å². The summed E-state index contributed by atoms with van der Waals surface area (Å²) in [6.07, 6.45) is 2.20. The Balaban J connectivity index is 1.94. The van der Waals surface area contributed by atoms with Gasteiger partial charge in [-0.25, -0.2) is 4.98 Å². The van der Waals surface area contributed by atoms with Crippen molar-refractivity contribution in [1.29, 1.82) is 0 Å². The van der Waals surface area contributed by atoms with Crippen LogP contribution < -0.4 is 10.5 Å². The molecule has 1 aliphatic rings. The lowest BCUT2D eigenvalue weighted by atomic mass is 9.88. The van der Waals surface area contributed by atoms with E-state index >= 15 is 0 Å². The summed E-state index contributed by atoms with van der Waals surface area (Å²) in [5.41, 5.74) is 8.42. The summed E-state index contributed by atoms with van der Waals surface area (Å²) in [6.45, 7) is 6.43. The average Bonchev–Trinajstić information content (AvgIpc) is 2.66. The van der Waals surface area contributed by atoms with Crippen LogP contribution >= 0.6 is 0 Å². The highest BCUT2D eigenvalue weighted by Gasteiger charge is 2.41. The predicted molar refractivity (Wildman–Crippen MR) is 81.9 cm³/mol. The molecule has 2 atom stereocenters. The summed E-state index contributed by atoms with van der Waals surface area (Å²) in [5, 5.41) is 1.11. The van der Waals surface area contributed by atoms with E-state index in [9.17, 15) is 0 Å². The van der Waals surface area contributed by atoms with Crippen molar-refractivity contribution in [3.8, 4) is 5.75 Å². The molecule has 0 radical (unpaired) electrons. The van der Waals surface area contributed by atoms with E-state index in [1.54, 1.807) is 0 Å². The van der Waals surface area contributed by atoms with Crippen molar-refractivity contribution in [3.63, 3.8) is 0 Å². The van der Waals surface area contributed by atoms with Gasteiger partial charge in [0.15, 0.2) is 0 Å². The van der Waals surface area contributed by atoms with Gasteiger partial charge in [-0.15, -0.1) is 0 Å². The summed E-state index contributed by atoms with van der Waals surface area (Å²) < 4.78 is 6.20. The zero-order valence-electron chi connectivity index (χ0n) is 12.4. The smallest absolute Gasteiger partial charge is 0.146 e. The van der Waals surface area contributed by atoms with Crippen molar-refractivity contribution in [2.45, 2.75) is 45.8 Å². The Morgan fingerprint density at radius 1 is 1.25 bits per heavy atom. The van der Waals surface area contributed by atoms with Gasteiger partial charge in [0.05, 0.1) is 0 Å². The molecule has 0 saturated heterocycles. The number of benzene rings is 1. The van der Waals surface area contributed by atoms with Crippen LogP contribution in [0.4, 0.5) is 0 Å². The van der Waals surface area contributed by atoms with E-state index in [0.29, 0.717) is 0 Å². The van der Waals surface area contributed by atoms with Gasteiger partial charge in [-0.05, 0) is 37.3 Å². The fraction of sp³-hybridized carbons (Fsp3) is 0.471. The molecule has 3 nitrogen and oxygen atoms in total. The second-order valence-electron chi connectivity index (χ2n) is 6.49. The van der Waals surface area contributed by atoms with E-state index in [1.165, 1.54) is 0 Å². The highest BCUT2D eigenvalue weighted by Crippen LogP contribution is 2.38. The number of para-hydroxylation sites is 1. The third-order valence-electron chi connectivity index (χ3n) is 4.48. The lowest BCUT2D eigenvalue weighted by molar-refractivity contribution is 0.166. The molecule has 3 heteroatoms. The van der Waals surface area contributed by atoms with Crippen LogP contribution in [-0.2, 0) is 0 Å². The Hall–Kier alpha value is -1.61. The number of hydrogen-bond acceptors (Lipinski definition) is 3. The van der Waals surface area contributed by atoms with E-state index in [1.807, 2.05) is 25.1 Å². The topological polar surface area (TPSA) is 48.1 Å². The van der Waals surface area contributed by atoms with Gasteiger partial charge in [-0.3, -0.25) is 0 Å². The first-order chi connectivity index (χ1) is 9.47. The Labute approximate surface area is 120 Å². The SMILES string of the molecule is Cc1ccc2cccc(OC3CCC(C)(C)C3N)c2n1. The second-order valence-corrected chi connectivity index (χ2v) is 6.49. The van der Waals surface area contributed by atoms with Gasteiger partial charge >= 0.3 is 0 Å². The number of pyridine rings is 1. The molecular formula is C17H22N2O. The summed E-state index contributed by atoms with van der Waals surface area (Å²) in [7, 11) is 0. The van der Waals surface area contributed by atoms with Crippen LogP contribution in [0.25, 0.3) is 10.9 Å². The number of nitrogens with two attached hydrogens (primary N) is 1. The van der Waals surface area contributed by atoms with Crippen molar-refractivity contribution in [3.05, 3.63) is 36.0 Å². The van der Waals surface area contributed by atoms with Gasteiger partial charge < -0.3 is 10.5 Å². The van der Waals surface area contributed by atoms with Crippen molar-refractivity contribution < 1.29 is 4.74 Å². The zero-order valence-corrected chi connectivity index (χ0v) is 12.4. The quantitative estimate of drug-likeness (QED) is 0.909. The average molecular weight is 270 g/mol. The summed E-state index contributed by atoms with van der Waals surface area (Å²) in [5.74, 6) is 0.851. The third kappa shape index (κ3) is 2.27. The van der Waals surface area contributed by atoms with E-state index in [4.69, 9.17) is 10.5 Å².